The lowest BCUT2D eigenvalue weighted by Gasteiger charge is -2.08. The number of nitrogens with zero attached hydrogens (tertiary/aromatic N) is 1. The summed E-state index contributed by atoms with van der Waals surface area (Å²) >= 11 is 0. The summed E-state index contributed by atoms with van der Waals surface area (Å²) in [7, 11) is 0. The SMILES string of the molecule is N#Cc1cc(F)ccc1NC(=O)c1cc2c([nH]c1=O)CCC2. The number of nitrogens with one attached hydrogen (secondary N) is 2. The molecule has 0 bridgehead atoms. The topological polar surface area (TPSA) is 85.8 Å². The molecule has 22 heavy (non-hydrogen) atoms. The van der Waals surface area contributed by atoms with Crippen molar-refractivity contribution in [3.8, 4) is 6.07 Å². The number of amides is 1. The normalized spacial score (nSPS) is 12.5. The highest BCUT2D eigenvalue weighted by atomic mass is 19.1. The fourth-order valence-electron chi connectivity index (χ4n) is 2.59. The fourth-order valence-corrected chi connectivity index (χ4v) is 2.59. The van der Waals surface area contributed by atoms with Gasteiger partial charge in [0.25, 0.3) is 11.5 Å². The lowest BCUT2D eigenvalue weighted by atomic mass is 10.1. The number of fused-ring (bicyclic) bond motifs is 1. The molecule has 0 spiro atoms. The Morgan fingerprint density at radius 1 is 1.32 bits per heavy atom. The van der Waals surface area contributed by atoms with Crippen molar-refractivity contribution in [2.24, 2.45) is 0 Å². The summed E-state index contributed by atoms with van der Waals surface area (Å²) in [6.45, 7) is 0. The van der Waals surface area contributed by atoms with Gasteiger partial charge in [-0.15, -0.1) is 0 Å². The van der Waals surface area contributed by atoms with Crippen LogP contribution in [-0.4, -0.2) is 10.9 Å². The van der Waals surface area contributed by atoms with E-state index in [0.29, 0.717) is 0 Å². The van der Waals surface area contributed by atoms with Gasteiger partial charge in [-0.2, -0.15) is 5.26 Å². The minimum atomic E-state index is -0.612. The number of aromatic amines is 1. The molecular weight excluding hydrogens is 285 g/mol. The minimum absolute atomic E-state index is 0.00550. The maximum Gasteiger partial charge on any atom is 0.261 e. The molecule has 6 heteroatoms. The second kappa shape index (κ2) is 5.45. The van der Waals surface area contributed by atoms with Gasteiger partial charge in [-0.3, -0.25) is 9.59 Å². The van der Waals surface area contributed by atoms with Crippen molar-refractivity contribution in [1.29, 1.82) is 5.26 Å². The van der Waals surface area contributed by atoms with E-state index in [4.69, 9.17) is 5.26 Å². The monoisotopic (exact) mass is 297 g/mol. The van der Waals surface area contributed by atoms with Gasteiger partial charge in [-0.25, -0.2) is 4.39 Å². The van der Waals surface area contributed by atoms with Gasteiger partial charge < -0.3 is 10.3 Å². The number of aromatic nitrogens is 1. The molecule has 0 fully saturated rings. The highest BCUT2D eigenvalue weighted by Gasteiger charge is 2.19. The molecule has 5 nitrogen and oxygen atoms in total. The van der Waals surface area contributed by atoms with E-state index in [1.54, 1.807) is 6.07 Å². The number of nitriles is 1. The molecule has 1 aromatic heterocycles. The van der Waals surface area contributed by atoms with E-state index in [1.807, 2.05) is 6.07 Å². The number of hydrogen-bond donors (Lipinski definition) is 2. The summed E-state index contributed by atoms with van der Waals surface area (Å²) in [5.41, 5.74) is 1.55. The van der Waals surface area contributed by atoms with Crippen LogP contribution in [0.1, 0.15) is 33.6 Å². The second-order valence-electron chi connectivity index (χ2n) is 5.13. The Hall–Kier alpha value is -2.94. The molecule has 1 heterocycles. The maximum absolute atomic E-state index is 13.1. The van der Waals surface area contributed by atoms with Crippen LogP contribution in [0.4, 0.5) is 10.1 Å². The molecule has 0 saturated heterocycles. The second-order valence-corrected chi connectivity index (χ2v) is 5.13. The molecule has 0 aliphatic heterocycles. The third-order valence-corrected chi connectivity index (χ3v) is 3.68. The van der Waals surface area contributed by atoms with Crippen LogP contribution in [0.5, 0.6) is 0 Å². The number of aryl methyl sites for hydroxylation is 2. The average molecular weight is 297 g/mol. The Kier molecular flexibility index (Phi) is 3.47. The molecule has 1 aliphatic carbocycles. The number of pyridine rings is 1. The number of carbonyl (C=O) groups is 1. The molecular formula is C16H12FN3O2. The molecule has 0 saturated carbocycles. The van der Waals surface area contributed by atoms with Crippen molar-refractivity contribution in [2.75, 3.05) is 5.32 Å². The predicted molar refractivity (Wildman–Crippen MR) is 78.2 cm³/mol. The van der Waals surface area contributed by atoms with Crippen molar-refractivity contribution in [3.05, 3.63) is 62.8 Å². The van der Waals surface area contributed by atoms with Gasteiger partial charge in [-0.1, -0.05) is 0 Å². The number of halogens is 1. The number of hydrogen-bond acceptors (Lipinski definition) is 3. The lowest BCUT2D eigenvalue weighted by molar-refractivity contribution is 0.102. The standard InChI is InChI=1S/C16H12FN3O2/c17-11-4-5-14(10(6-11)8-18)20-16(22)12-7-9-2-1-3-13(9)19-15(12)21/h4-7H,1-3H2,(H,19,21)(H,20,22). The van der Waals surface area contributed by atoms with Gasteiger partial charge >= 0.3 is 0 Å². The van der Waals surface area contributed by atoms with E-state index in [2.05, 4.69) is 10.3 Å². The number of carbonyl (C=O) groups excluding carboxylic acids is 1. The van der Waals surface area contributed by atoms with E-state index < -0.39 is 17.3 Å². The highest BCUT2D eigenvalue weighted by molar-refractivity contribution is 6.04. The van der Waals surface area contributed by atoms with E-state index in [9.17, 15) is 14.0 Å². The van der Waals surface area contributed by atoms with E-state index in [-0.39, 0.29) is 16.8 Å². The molecule has 110 valence electrons. The van der Waals surface area contributed by atoms with Crippen molar-refractivity contribution in [3.63, 3.8) is 0 Å². The molecule has 1 amide bonds. The Bertz CT molecular complexity index is 865. The van der Waals surface area contributed by atoms with Crippen molar-refractivity contribution in [2.45, 2.75) is 19.3 Å². The third-order valence-electron chi connectivity index (χ3n) is 3.68. The molecule has 0 radical (unpaired) electrons. The van der Waals surface area contributed by atoms with Gasteiger partial charge in [-0.05, 0) is 49.1 Å². The van der Waals surface area contributed by atoms with E-state index in [1.165, 1.54) is 6.07 Å². The molecule has 2 N–H and O–H groups in total. The Morgan fingerprint density at radius 2 is 2.14 bits per heavy atom. The van der Waals surface area contributed by atoms with Crippen LogP contribution in [-0.2, 0) is 12.8 Å². The first-order valence-electron chi connectivity index (χ1n) is 6.84. The average Bonchev–Trinajstić information content (AvgIpc) is 2.95. The van der Waals surface area contributed by atoms with Crippen LogP contribution < -0.4 is 10.9 Å². The van der Waals surface area contributed by atoms with Gasteiger partial charge in [0.2, 0.25) is 0 Å². The number of H-pyrrole nitrogens is 1. The zero-order valence-electron chi connectivity index (χ0n) is 11.6. The van der Waals surface area contributed by atoms with E-state index in [0.717, 1.165) is 42.7 Å². The smallest absolute Gasteiger partial charge is 0.261 e. The Morgan fingerprint density at radius 3 is 2.91 bits per heavy atom. The molecule has 1 aromatic carbocycles. The van der Waals surface area contributed by atoms with Gasteiger partial charge in [0, 0.05) is 5.69 Å². The summed E-state index contributed by atoms with van der Waals surface area (Å²) in [6, 6.07) is 6.87. The number of rotatable bonds is 2. The van der Waals surface area contributed by atoms with Gasteiger partial charge in [0.05, 0.1) is 11.3 Å². The van der Waals surface area contributed by atoms with Crippen molar-refractivity contribution >= 4 is 11.6 Å². The first-order valence-corrected chi connectivity index (χ1v) is 6.84. The first-order chi connectivity index (χ1) is 10.6. The molecule has 0 atom stereocenters. The Labute approximate surface area is 125 Å². The summed E-state index contributed by atoms with van der Waals surface area (Å²) < 4.78 is 13.1. The highest BCUT2D eigenvalue weighted by Crippen LogP contribution is 2.20. The van der Waals surface area contributed by atoms with Crippen LogP contribution in [0.15, 0.2) is 29.1 Å². The quantitative estimate of drug-likeness (QED) is 0.890. The van der Waals surface area contributed by atoms with E-state index >= 15 is 0 Å². The van der Waals surface area contributed by atoms with Crippen molar-refractivity contribution in [1.82, 2.24) is 4.98 Å². The molecule has 0 unspecified atom stereocenters. The van der Waals surface area contributed by atoms with Crippen molar-refractivity contribution < 1.29 is 9.18 Å². The summed E-state index contributed by atoms with van der Waals surface area (Å²) in [6.07, 6.45) is 2.59. The Balaban J connectivity index is 1.93. The predicted octanol–water partition coefficient (Wildman–Crippen LogP) is 2.13. The van der Waals surface area contributed by atoms with Gasteiger partial charge in [0.15, 0.2) is 0 Å². The summed E-state index contributed by atoms with van der Waals surface area (Å²) in [5.74, 6) is -1.18. The summed E-state index contributed by atoms with van der Waals surface area (Å²) in [5, 5.41) is 11.5. The number of anilines is 1. The van der Waals surface area contributed by atoms with Crippen LogP contribution >= 0.6 is 0 Å². The van der Waals surface area contributed by atoms with Crippen LogP contribution in [0.25, 0.3) is 0 Å². The fraction of sp³-hybridized carbons (Fsp3) is 0.188. The van der Waals surface area contributed by atoms with Gasteiger partial charge in [0.1, 0.15) is 17.4 Å². The minimum Gasteiger partial charge on any atom is -0.325 e. The molecule has 1 aliphatic rings. The zero-order chi connectivity index (χ0) is 15.7. The van der Waals surface area contributed by atoms with Crippen LogP contribution in [0.2, 0.25) is 0 Å². The summed E-state index contributed by atoms with van der Waals surface area (Å²) in [4.78, 5) is 27.0. The molecule has 3 rings (SSSR count). The largest absolute Gasteiger partial charge is 0.325 e. The third kappa shape index (κ3) is 2.49. The molecule has 2 aromatic rings. The zero-order valence-corrected chi connectivity index (χ0v) is 11.6. The first kappa shape index (κ1) is 14.0. The van der Waals surface area contributed by atoms with Crippen LogP contribution in [0.3, 0.4) is 0 Å². The lowest BCUT2D eigenvalue weighted by Crippen LogP contribution is -2.24. The van der Waals surface area contributed by atoms with Crippen LogP contribution in [0, 0.1) is 17.1 Å². The number of benzene rings is 1. The maximum atomic E-state index is 13.1.